The van der Waals surface area contributed by atoms with Gasteiger partial charge in [-0.15, -0.1) is 0 Å². The summed E-state index contributed by atoms with van der Waals surface area (Å²) in [4.78, 5) is 12.6. The van der Waals surface area contributed by atoms with E-state index < -0.39 is 6.09 Å². The van der Waals surface area contributed by atoms with Gasteiger partial charge in [0.1, 0.15) is 24.0 Å². The maximum absolute atomic E-state index is 12.6. The Hall–Kier alpha value is -3.50. The van der Waals surface area contributed by atoms with Crippen molar-refractivity contribution in [1.29, 1.82) is 5.26 Å². The van der Waals surface area contributed by atoms with Crippen molar-refractivity contribution in [2.75, 3.05) is 18.5 Å². The van der Waals surface area contributed by atoms with Crippen LogP contribution in [0.4, 0.5) is 10.5 Å². The molecule has 1 saturated heterocycles. The predicted octanol–water partition coefficient (Wildman–Crippen LogP) is 7.69. The fourth-order valence-corrected chi connectivity index (χ4v) is 5.80. The number of benzene rings is 2. The Morgan fingerprint density at radius 1 is 1.03 bits per heavy atom. The molecule has 2 fully saturated rings. The number of hydrogen-bond donors (Lipinski definition) is 1. The number of nitrogens with one attached hydrogen (secondary N) is 1. The Balaban J connectivity index is 1.44. The van der Waals surface area contributed by atoms with Crippen LogP contribution in [0.2, 0.25) is 0 Å². The molecular formula is C32H39N3O4. The molecule has 2 aliphatic rings. The molecule has 0 unspecified atom stereocenters. The first-order valence-electron chi connectivity index (χ1n) is 14.3. The summed E-state index contributed by atoms with van der Waals surface area (Å²) < 4.78 is 19.8. The molecular weight excluding hydrogens is 490 g/mol. The maximum atomic E-state index is 12.6. The van der Waals surface area contributed by atoms with Crippen LogP contribution in [0.5, 0.6) is 5.75 Å². The smallest absolute Gasteiger partial charge is 0.411 e. The molecule has 2 aromatic carbocycles. The highest BCUT2D eigenvalue weighted by Crippen LogP contribution is 2.43. The highest BCUT2D eigenvalue weighted by molar-refractivity contribution is 5.96. The zero-order valence-corrected chi connectivity index (χ0v) is 23.4. The fourth-order valence-electron chi connectivity index (χ4n) is 5.80. The van der Waals surface area contributed by atoms with Crippen molar-refractivity contribution in [3.05, 3.63) is 48.0 Å². The number of carbonyl (C=O) groups is 1. The largest absolute Gasteiger partial charge is 0.490 e. The zero-order valence-electron chi connectivity index (χ0n) is 23.4. The van der Waals surface area contributed by atoms with Gasteiger partial charge in [-0.1, -0.05) is 39.8 Å². The van der Waals surface area contributed by atoms with Crippen LogP contribution in [-0.2, 0) is 9.47 Å². The van der Waals surface area contributed by atoms with Gasteiger partial charge in [-0.2, -0.15) is 5.26 Å². The first-order valence-corrected chi connectivity index (χ1v) is 14.3. The van der Waals surface area contributed by atoms with Gasteiger partial charge in [0.15, 0.2) is 0 Å². The van der Waals surface area contributed by atoms with Gasteiger partial charge in [0.2, 0.25) is 0 Å². The third-order valence-corrected chi connectivity index (χ3v) is 7.96. The monoisotopic (exact) mass is 529 g/mol. The Bertz CT molecular complexity index is 1330. The number of amides is 1. The predicted molar refractivity (Wildman–Crippen MR) is 153 cm³/mol. The summed E-state index contributed by atoms with van der Waals surface area (Å²) in [6, 6.07) is 16.6. The van der Waals surface area contributed by atoms with Gasteiger partial charge in [-0.3, -0.25) is 5.32 Å². The van der Waals surface area contributed by atoms with Crippen LogP contribution in [0, 0.1) is 23.2 Å². The van der Waals surface area contributed by atoms with Crippen molar-refractivity contribution in [2.24, 2.45) is 11.8 Å². The van der Waals surface area contributed by atoms with Gasteiger partial charge in [0.25, 0.3) is 0 Å². The zero-order chi connectivity index (χ0) is 27.5. The Kier molecular flexibility index (Phi) is 8.13. The van der Waals surface area contributed by atoms with E-state index in [0.29, 0.717) is 17.3 Å². The van der Waals surface area contributed by atoms with E-state index in [9.17, 15) is 10.1 Å². The summed E-state index contributed by atoms with van der Waals surface area (Å²) in [5.74, 6) is 1.31. The second kappa shape index (κ2) is 11.7. The third kappa shape index (κ3) is 5.77. The molecule has 7 heteroatoms. The second-order valence-electron chi connectivity index (χ2n) is 11.5. The van der Waals surface area contributed by atoms with Gasteiger partial charge in [0.05, 0.1) is 30.0 Å². The molecule has 3 aromatic rings. The third-order valence-electron chi connectivity index (χ3n) is 7.96. The lowest BCUT2D eigenvalue weighted by atomic mass is 9.92. The molecule has 2 heterocycles. The number of fused-ring (bicyclic) bond motifs is 1. The average molecular weight is 530 g/mol. The SMILES string of the molecule is CC(C)C(OC(=O)Nc1ccc(-c2c(C#N)c3ccc(OC4CCOCC4)cc3n2C2CCC2)cc1)C(C)C. The van der Waals surface area contributed by atoms with Crippen LogP contribution in [0.1, 0.15) is 71.4 Å². The number of ether oxygens (including phenoxy) is 3. The molecule has 1 amide bonds. The number of carbonyl (C=O) groups excluding carboxylic acids is 1. The van der Waals surface area contributed by atoms with Gasteiger partial charge in [-0.25, -0.2) is 4.79 Å². The molecule has 7 nitrogen and oxygen atoms in total. The van der Waals surface area contributed by atoms with Crippen LogP contribution in [-0.4, -0.2) is 36.1 Å². The summed E-state index contributed by atoms with van der Waals surface area (Å²) in [7, 11) is 0. The minimum atomic E-state index is -0.450. The topological polar surface area (TPSA) is 85.5 Å². The standard InChI is InChI=1S/C32H39N3O4/c1-20(2)31(21(3)4)39-32(36)34-23-10-8-22(9-11-23)30-28(19-33)27-13-12-26(38-25-14-16-37-17-15-25)18-29(27)35(30)24-6-5-7-24/h8-13,18,20-21,24-25,31H,5-7,14-17H2,1-4H3,(H,34,36). The van der Waals surface area contributed by atoms with E-state index in [1.165, 1.54) is 6.42 Å². The van der Waals surface area contributed by atoms with Crippen molar-refractivity contribution >= 4 is 22.7 Å². The molecule has 206 valence electrons. The molecule has 1 aliphatic heterocycles. The summed E-state index contributed by atoms with van der Waals surface area (Å²) in [5, 5.41) is 14.1. The van der Waals surface area contributed by atoms with Crippen molar-refractivity contribution in [3.63, 3.8) is 0 Å². The Morgan fingerprint density at radius 3 is 2.31 bits per heavy atom. The van der Waals surface area contributed by atoms with E-state index in [0.717, 1.165) is 66.8 Å². The molecule has 0 bridgehead atoms. The average Bonchev–Trinajstić information content (AvgIpc) is 3.20. The molecule has 0 atom stereocenters. The minimum Gasteiger partial charge on any atom is -0.490 e. The van der Waals surface area contributed by atoms with Crippen molar-refractivity contribution < 1.29 is 19.0 Å². The molecule has 0 spiro atoms. The number of nitriles is 1. The molecule has 1 N–H and O–H groups in total. The first kappa shape index (κ1) is 27.1. The molecule has 1 aliphatic carbocycles. The Morgan fingerprint density at radius 2 is 1.72 bits per heavy atom. The van der Waals surface area contributed by atoms with E-state index in [4.69, 9.17) is 14.2 Å². The summed E-state index contributed by atoms with van der Waals surface area (Å²) in [6.07, 6.45) is 4.69. The van der Waals surface area contributed by atoms with Crippen LogP contribution >= 0.6 is 0 Å². The van der Waals surface area contributed by atoms with Gasteiger partial charge < -0.3 is 18.8 Å². The van der Waals surface area contributed by atoms with Gasteiger partial charge >= 0.3 is 6.09 Å². The van der Waals surface area contributed by atoms with Crippen molar-refractivity contribution in [3.8, 4) is 23.1 Å². The molecule has 39 heavy (non-hydrogen) atoms. The summed E-state index contributed by atoms with van der Waals surface area (Å²) in [6.45, 7) is 9.68. The maximum Gasteiger partial charge on any atom is 0.411 e. The lowest BCUT2D eigenvalue weighted by Crippen LogP contribution is -2.30. The number of aromatic nitrogens is 1. The molecule has 5 rings (SSSR count). The second-order valence-corrected chi connectivity index (χ2v) is 11.5. The number of rotatable bonds is 8. The van der Waals surface area contributed by atoms with E-state index in [-0.39, 0.29) is 24.0 Å². The van der Waals surface area contributed by atoms with E-state index >= 15 is 0 Å². The lowest BCUT2D eigenvalue weighted by molar-refractivity contribution is 0.0256. The Labute approximate surface area is 231 Å². The fraction of sp³-hybridized carbons (Fsp3) is 0.500. The van der Waals surface area contributed by atoms with Crippen LogP contribution < -0.4 is 10.1 Å². The quantitative estimate of drug-likeness (QED) is 0.323. The van der Waals surface area contributed by atoms with Crippen LogP contribution in [0.3, 0.4) is 0 Å². The van der Waals surface area contributed by atoms with Crippen LogP contribution in [0.15, 0.2) is 42.5 Å². The summed E-state index contributed by atoms with van der Waals surface area (Å²) in [5.41, 5.74) is 4.24. The normalized spacial score (nSPS) is 16.5. The van der Waals surface area contributed by atoms with E-state index in [1.807, 2.05) is 36.4 Å². The van der Waals surface area contributed by atoms with Gasteiger partial charge in [0, 0.05) is 36.0 Å². The van der Waals surface area contributed by atoms with Crippen molar-refractivity contribution in [2.45, 2.75) is 78.0 Å². The van der Waals surface area contributed by atoms with Gasteiger partial charge in [-0.05, 0) is 60.9 Å². The first-order chi connectivity index (χ1) is 18.9. The highest BCUT2D eigenvalue weighted by atomic mass is 16.6. The number of anilines is 1. The molecule has 0 radical (unpaired) electrons. The number of hydrogen-bond acceptors (Lipinski definition) is 5. The number of nitrogens with zero attached hydrogens (tertiary/aromatic N) is 2. The van der Waals surface area contributed by atoms with Crippen LogP contribution in [0.25, 0.3) is 22.2 Å². The summed E-state index contributed by atoms with van der Waals surface area (Å²) >= 11 is 0. The highest BCUT2D eigenvalue weighted by Gasteiger charge is 2.28. The minimum absolute atomic E-state index is 0.152. The lowest BCUT2D eigenvalue weighted by Gasteiger charge is -2.30. The van der Waals surface area contributed by atoms with E-state index in [1.54, 1.807) is 0 Å². The molecule has 1 aromatic heterocycles. The van der Waals surface area contributed by atoms with E-state index in [2.05, 4.69) is 49.7 Å². The molecule has 1 saturated carbocycles. The van der Waals surface area contributed by atoms with Crippen molar-refractivity contribution in [1.82, 2.24) is 4.57 Å².